The van der Waals surface area contributed by atoms with Crippen molar-refractivity contribution in [1.82, 2.24) is 4.90 Å². The molecule has 1 fully saturated rings. The van der Waals surface area contributed by atoms with Crippen LogP contribution in [-0.4, -0.2) is 61.7 Å². The highest BCUT2D eigenvalue weighted by Gasteiger charge is 2.20. The monoisotopic (exact) mass is 408 g/mol. The van der Waals surface area contributed by atoms with E-state index in [2.05, 4.69) is 21.2 Å². The Hall–Kier alpha value is -3.57. The molecule has 1 amide bonds. The molecule has 8 nitrogen and oxygen atoms in total. The van der Waals surface area contributed by atoms with Crippen LogP contribution in [-0.2, 0) is 0 Å². The molecule has 0 aromatic heterocycles. The van der Waals surface area contributed by atoms with Gasteiger partial charge in [0.2, 0.25) is 0 Å². The topological polar surface area (TPSA) is 106 Å². The maximum Gasteiger partial charge on any atom is 0.337 e. The molecule has 2 aromatic carbocycles. The number of anilines is 2. The lowest BCUT2D eigenvalue weighted by Crippen LogP contribution is -2.46. The first-order chi connectivity index (χ1) is 14.5. The van der Waals surface area contributed by atoms with E-state index in [0.29, 0.717) is 17.7 Å². The molecule has 2 aromatic rings. The molecule has 156 valence electrons. The largest absolute Gasteiger partial charge is 0.497 e. The number of carbonyl (C=O) groups is 2. The Bertz CT molecular complexity index is 945. The van der Waals surface area contributed by atoms with Gasteiger partial charge >= 0.3 is 5.97 Å². The number of hydrogen-bond donors (Lipinski definition) is 2. The van der Waals surface area contributed by atoms with E-state index >= 15 is 0 Å². The number of carboxylic acid groups (broad SMARTS) is 1. The summed E-state index contributed by atoms with van der Waals surface area (Å²) in [6.07, 6.45) is 0.506. The number of rotatable bonds is 7. The second kappa shape index (κ2) is 9.76. The fraction of sp³-hybridized carbons (Fsp3) is 0.318. The number of ether oxygens (including phenoxy) is 1. The number of benzene rings is 2. The molecular formula is C22H24N4O4. The Morgan fingerprint density at radius 3 is 2.43 bits per heavy atom. The Kier molecular flexibility index (Phi) is 6.88. The van der Waals surface area contributed by atoms with Gasteiger partial charge in [-0.2, -0.15) is 5.26 Å². The van der Waals surface area contributed by atoms with Gasteiger partial charge in [0.25, 0.3) is 5.91 Å². The molecule has 1 saturated heterocycles. The predicted octanol–water partition coefficient (Wildman–Crippen LogP) is 2.68. The molecule has 0 radical (unpaired) electrons. The van der Waals surface area contributed by atoms with Crippen LogP contribution in [0.15, 0.2) is 42.5 Å². The van der Waals surface area contributed by atoms with E-state index in [-0.39, 0.29) is 17.2 Å². The van der Waals surface area contributed by atoms with Gasteiger partial charge in [0.05, 0.1) is 24.4 Å². The zero-order valence-corrected chi connectivity index (χ0v) is 16.8. The van der Waals surface area contributed by atoms with Gasteiger partial charge in [0.15, 0.2) is 0 Å². The van der Waals surface area contributed by atoms with Crippen LogP contribution in [0, 0.1) is 11.3 Å². The standard InChI is InChI=1S/C22H24N4O4/c1-30-18-6-3-16(4-7-18)21(27)24-20-8-5-17(15-19(20)22(28)29)26-13-11-25(12-14-26)10-2-9-23/h3-8,15H,2,10-14H2,1H3,(H,24,27)(H,28,29). The fourth-order valence-corrected chi connectivity index (χ4v) is 3.39. The Morgan fingerprint density at radius 2 is 1.83 bits per heavy atom. The molecule has 0 spiro atoms. The number of carbonyl (C=O) groups excluding carboxylic acids is 1. The number of piperazine rings is 1. The summed E-state index contributed by atoms with van der Waals surface area (Å²) in [5.74, 6) is -0.858. The fourth-order valence-electron chi connectivity index (χ4n) is 3.39. The third kappa shape index (κ3) is 5.07. The Balaban J connectivity index is 1.71. The molecule has 3 rings (SSSR count). The number of carboxylic acids is 1. The van der Waals surface area contributed by atoms with Crippen LogP contribution in [0.1, 0.15) is 27.1 Å². The lowest BCUT2D eigenvalue weighted by Gasteiger charge is -2.36. The summed E-state index contributed by atoms with van der Waals surface area (Å²) < 4.78 is 5.08. The third-order valence-electron chi connectivity index (χ3n) is 5.11. The number of nitrogens with one attached hydrogen (secondary N) is 1. The van der Waals surface area contributed by atoms with Crippen molar-refractivity contribution in [3.8, 4) is 11.8 Å². The van der Waals surface area contributed by atoms with E-state index in [1.807, 2.05) is 6.07 Å². The van der Waals surface area contributed by atoms with E-state index in [9.17, 15) is 14.7 Å². The molecule has 8 heteroatoms. The van der Waals surface area contributed by atoms with Crippen molar-refractivity contribution in [2.45, 2.75) is 6.42 Å². The number of aromatic carboxylic acids is 1. The first-order valence-corrected chi connectivity index (χ1v) is 9.69. The van der Waals surface area contributed by atoms with Crippen molar-refractivity contribution < 1.29 is 19.4 Å². The molecule has 0 saturated carbocycles. The number of methoxy groups -OCH3 is 1. The van der Waals surface area contributed by atoms with Crippen molar-refractivity contribution in [3.63, 3.8) is 0 Å². The molecule has 0 atom stereocenters. The minimum Gasteiger partial charge on any atom is -0.497 e. The van der Waals surface area contributed by atoms with Gasteiger partial charge in [0.1, 0.15) is 5.75 Å². The van der Waals surface area contributed by atoms with Gasteiger partial charge in [0, 0.05) is 50.4 Å². The molecule has 0 aliphatic carbocycles. The predicted molar refractivity (Wildman–Crippen MR) is 113 cm³/mol. The summed E-state index contributed by atoms with van der Waals surface area (Å²) in [7, 11) is 1.54. The van der Waals surface area contributed by atoms with Crippen LogP contribution < -0.4 is 15.0 Å². The average Bonchev–Trinajstić information content (AvgIpc) is 2.78. The second-order valence-electron chi connectivity index (χ2n) is 6.95. The van der Waals surface area contributed by atoms with Crippen LogP contribution in [0.4, 0.5) is 11.4 Å². The van der Waals surface area contributed by atoms with Crippen LogP contribution in [0.2, 0.25) is 0 Å². The van der Waals surface area contributed by atoms with Gasteiger partial charge < -0.3 is 20.1 Å². The van der Waals surface area contributed by atoms with Crippen molar-refractivity contribution in [2.75, 3.05) is 50.1 Å². The summed E-state index contributed by atoms with van der Waals surface area (Å²) in [6, 6.07) is 13.8. The molecule has 1 aliphatic heterocycles. The summed E-state index contributed by atoms with van der Waals surface area (Å²) in [6.45, 7) is 3.89. The SMILES string of the molecule is COc1ccc(C(=O)Nc2ccc(N3CCN(CCC#N)CC3)cc2C(=O)O)cc1. The number of nitrogens with zero attached hydrogens (tertiary/aromatic N) is 3. The smallest absolute Gasteiger partial charge is 0.337 e. The number of nitriles is 1. The normalized spacial score (nSPS) is 14.1. The summed E-state index contributed by atoms with van der Waals surface area (Å²) in [5, 5.41) is 21.1. The molecule has 1 heterocycles. The van der Waals surface area contributed by atoms with Crippen molar-refractivity contribution >= 4 is 23.3 Å². The summed E-state index contributed by atoms with van der Waals surface area (Å²) >= 11 is 0. The van der Waals surface area contributed by atoms with E-state index < -0.39 is 5.97 Å². The molecule has 1 aliphatic rings. The van der Waals surface area contributed by atoms with Gasteiger partial charge in [-0.25, -0.2) is 4.79 Å². The summed E-state index contributed by atoms with van der Waals surface area (Å²) in [5.41, 5.74) is 1.50. The Labute approximate surface area is 175 Å². The Morgan fingerprint density at radius 1 is 1.13 bits per heavy atom. The maximum atomic E-state index is 12.5. The first-order valence-electron chi connectivity index (χ1n) is 9.69. The van der Waals surface area contributed by atoms with Gasteiger partial charge in [-0.3, -0.25) is 9.69 Å². The number of hydrogen-bond acceptors (Lipinski definition) is 6. The first kappa shape index (κ1) is 21.1. The zero-order chi connectivity index (χ0) is 21.5. The third-order valence-corrected chi connectivity index (χ3v) is 5.11. The zero-order valence-electron chi connectivity index (χ0n) is 16.8. The highest BCUT2D eigenvalue weighted by molar-refractivity contribution is 6.08. The molecular weight excluding hydrogens is 384 g/mol. The van der Waals surface area contributed by atoms with Crippen molar-refractivity contribution in [2.24, 2.45) is 0 Å². The highest BCUT2D eigenvalue weighted by atomic mass is 16.5. The average molecular weight is 408 g/mol. The second-order valence-corrected chi connectivity index (χ2v) is 6.95. The van der Waals surface area contributed by atoms with E-state index in [1.54, 1.807) is 43.5 Å². The van der Waals surface area contributed by atoms with Gasteiger partial charge in [-0.05, 0) is 42.5 Å². The lowest BCUT2D eigenvalue weighted by molar-refractivity contribution is 0.0698. The van der Waals surface area contributed by atoms with Crippen molar-refractivity contribution in [1.29, 1.82) is 5.26 Å². The minimum atomic E-state index is -1.10. The van der Waals surface area contributed by atoms with E-state index in [4.69, 9.17) is 10.00 Å². The highest BCUT2D eigenvalue weighted by Crippen LogP contribution is 2.25. The van der Waals surface area contributed by atoms with Crippen molar-refractivity contribution in [3.05, 3.63) is 53.6 Å². The van der Waals surface area contributed by atoms with Crippen LogP contribution in [0.5, 0.6) is 5.75 Å². The quantitative estimate of drug-likeness (QED) is 0.725. The molecule has 2 N–H and O–H groups in total. The van der Waals surface area contributed by atoms with Crippen LogP contribution in [0.3, 0.4) is 0 Å². The van der Waals surface area contributed by atoms with E-state index in [0.717, 1.165) is 38.4 Å². The van der Waals surface area contributed by atoms with Gasteiger partial charge in [-0.15, -0.1) is 0 Å². The molecule has 0 bridgehead atoms. The number of amides is 1. The molecule has 0 unspecified atom stereocenters. The lowest BCUT2D eigenvalue weighted by atomic mass is 10.1. The van der Waals surface area contributed by atoms with Crippen LogP contribution in [0.25, 0.3) is 0 Å². The minimum absolute atomic E-state index is 0.0428. The molecule has 30 heavy (non-hydrogen) atoms. The summed E-state index contributed by atoms with van der Waals surface area (Å²) in [4.78, 5) is 28.7. The van der Waals surface area contributed by atoms with Crippen LogP contribution >= 0.6 is 0 Å². The maximum absolute atomic E-state index is 12.5. The van der Waals surface area contributed by atoms with E-state index in [1.165, 1.54) is 0 Å². The van der Waals surface area contributed by atoms with Gasteiger partial charge in [-0.1, -0.05) is 0 Å².